The number of rotatable bonds is 5. The average Bonchev–Trinajstić information content (AvgIpc) is 2.33. The molecule has 0 bridgehead atoms. The molecule has 0 aromatic carbocycles. The molecule has 0 aromatic heterocycles. The van der Waals surface area contributed by atoms with E-state index in [1.165, 1.54) is 0 Å². The van der Waals surface area contributed by atoms with Crippen molar-refractivity contribution in [2.24, 2.45) is 0 Å². The van der Waals surface area contributed by atoms with Gasteiger partial charge >= 0.3 is 12.0 Å². The van der Waals surface area contributed by atoms with Crippen molar-refractivity contribution in [3.8, 4) is 0 Å². The molecule has 0 radical (unpaired) electrons. The number of carbonyl (C=O) groups is 2. The van der Waals surface area contributed by atoms with Crippen molar-refractivity contribution in [3.05, 3.63) is 0 Å². The number of aliphatic carboxylic acids is 1. The molecule has 0 spiro atoms. The Labute approximate surface area is 119 Å². The Balaban J connectivity index is 2.62. The highest BCUT2D eigenvalue weighted by Crippen LogP contribution is 2.22. The van der Waals surface area contributed by atoms with E-state index in [-0.39, 0.29) is 18.1 Å². The summed E-state index contributed by atoms with van der Waals surface area (Å²) >= 11 is 1.58. The third-order valence-electron chi connectivity index (χ3n) is 3.63. The van der Waals surface area contributed by atoms with Crippen LogP contribution in [0, 0.1) is 0 Å². The highest BCUT2D eigenvalue weighted by Gasteiger charge is 2.31. The number of piperidine rings is 1. The summed E-state index contributed by atoms with van der Waals surface area (Å²) in [6.07, 6.45) is 5.48. The number of hydrogen-bond acceptors (Lipinski definition) is 3. The number of carbonyl (C=O) groups excluding carboxylic acids is 1. The second kappa shape index (κ2) is 7.62. The zero-order valence-corrected chi connectivity index (χ0v) is 12.7. The molecule has 5 nitrogen and oxygen atoms in total. The first kappa shape index (κ1) is 16.1. The lowest BCUT2D eigenvalue weighted by Crippen LogP contribution is -2.55. The molecule has 0 aliphatic carbocycles. The summed E-state index contributed by atoms with van der Waals surface area (Å²) in [5, 5.41) is 11.8. The Morgan fingerprint density at radius 1 is 1.37 bits per heavy atom. The average molecular weight is 288 g/mol. The summed E-state index contributed by atoms with van der Waals surface area (Å²) in [6, 6.07) is -0.674. The Morgan fingerprint density at radius 3 is 2.42 bits per heavy atom. The zero-order chi connectivity index (χ0) is 14.4. The highest BCUT2D eigenvalue weighted by molar-refractivity contribution is 7.98. The van der Waals surface area contributed by atoms with Gasteiger partial charge in [-0.15, -0.1) is 0 Å². The predicted octanol–water partition coefficient (Wildman–Crippen LogP) is 2.17. The maximum absolute atomic E-state index is 12.2. The Kier molecular flexibility index (Phi) is 6.48. The molecule has 2 unspecified atom stereocenters. The molecule has 0 aromatic rings. The summed E-state index contributed by atoms with van der Waals surface area (Å²) in [5.74, 6) is -0.234. The van der Waals surface area contributed by atoms with Gasteiger partial charge < -0.3 is 15.3 Å². The van der Waals surface area contributed by atoms with Crippen LogP contribution < -0.4 is 5.32 Å². The molecule has 1 aliphatic heterocycles. The Bertz CT molecular complexity index is 315. The van der Waals surface area contributed by atoms with Crippen LogP contribution in [0.4, 0.5) is 4.79 Å². The van der Waals surface area contributed by atoms with Gasteiger partial charge in [0.25, 0.3) is 0 Å². The first-order valence-corrected chi connectivity index (χ1v) is 8.17. The second-order valence-electron chi connectivity index (χ2n) is 5.16. The van der Waals surface area contributed by atoms with E-state index in [1.807, 2.05) is 20.1 Å². The molecule has 1 fully saturated rings. The van der Waals surface area contributed by atoms with Crippen LogP contribution in [-0.2, 0) is 4.79 Å². The highest BCUT2D eigenvalue weighted by atomic mass is 32.2. The molecule has 2 amide bonds. The molecule has 1 saturated heterocycles. The maximum atomic E-state index is 12.2. The van der Waals surface area contributed by atoms with Crippen molar-refractivity contribution < 1.29 is 14.7 Å². The summed E-state index contributed by atoms with van der Waals surface area (Å²) in [6.45, 7) is 4.04. The van der Waals surface area contributed by atoms with Gasteiger partial charge in [0, 0.05) is 12.1 Å². The molecule has 1 aliphatic rings. The molecule has 0 saturated carbocycles. The van der Waals surface area contributed by atoms with Gasteiger partial charge in [-0.3, -0.25) is 0 Å². The van der Waals surface area contributed by atoms with Crippen molar-refractivity contribution in [1.82, 2.24) is 10.2 Å². The SMILES string of the molecule is CSCC[C@H](NC(=O)N1C(C)CCCC1C)C(=O)O. The second-order valence-corrected chi connectivity index (χ2v) is 6.14. The van der Waals surface area contributed by atoms with Gasteiger partial charge in [-0.2, -0.15) is 11.8 Å². The number of nitrogens with one attached hydrogen (secondary N) is 1. The van der Waals surface area contributed by atoms with Gasteiger partial charge in [0.05, 0.1) is 0 Å². The number of carboxylic acids is 1. The quantitative estimate of drug-likeness (QED) is 0.813. The standard InChI is InChI=1S/C13H24N2O3S/c1-9-5-4-6-10(2)15(9)13(18)14-11(12(16)17)7-8-19-3/h9-11H,4-8H2,1-3H3,(H,14,18)(H,16,17)/t9?,10?,11-/m0/s1. The molecule has 1 heterocycles. The molecule has 6 heteroatoms. The van der Waals surface area contributed by atoms with Crippen LogP contribution in [0.2, 0.25) is 0 Å². The summed E-state index contributed by atoms with van der Waals surface area (Å²) < 4.78 is 0. The van der Waals surface area contributed by atoms with E-state index in [2.05, 4.69) is 5.32 Å². The fourth-order valence-electron chi connectivity index (χ4n) is 2.54. The number of likely N-dealkylation sites (tertiary alicyclic amines) is 1. The molecule has 19 heavy (non-hydrogen) atoms. The van der Waals surface area contributed by atoms with E-state index < -0.39 is 12.0 Å². The minimum Gasteiger partial charge on any atom is -0.480 e. The first-order chi connectivity index (χ1) is 8.97. The number of hydrogen-bond donors (Lipinski definition) is 2. The number of urea groups is 1. The summed E-state index contributed by atoms with van der Waals surface area (Å²) in [5.41, 5.74) is 0. The lowest BCUT2D eigenvalue weighted by Gasteiger charge is -2.39. The van der Waals surface area contributed by atoms with Crippen LogP contribution in [0.3, 0.4) is 0 Å². The number of thioether (sulfide) groups is 1. The molecule has 110 valence electrons. The van der Waals surface area contributed by atoms with E-state index >= 15 is 0 Å². The van der Waals surface area contributed by atoms with Crippen molar-refractivity contribution >= 4 is 23.8 Å². The molecular formula is C13H24N2O3S. The fourth-order valence-corrected chi connectivity index (χ4v) is 3.01. The van der Waals surface area contributed by atoms with Crippen molar-refractivity contribution in [2.45, 2.75) is 57.7 Å². The van der Waals surface area contributed by atoms with Crippen LogP contribution >= 0.6 is 11.8 Å². The number of carboxylic acid groups (broad SMARTS) is 1. The predicted molar refractivity (Wildman–Crippen MR) is 77.6 cm³/mol. The van der Waals surface area contributed by atoms with Gasteiger partial charge in [0.15, 0.2) is 0 Å². The zero-order valence-electron chi connectivity index (χ0n) is 11.9. The van der Waals surface area contributed by atoms with E-state index in [0.717, 1.165) is 25.0 Å². The van der Waals surface area contributed by atoms with E-state index in [1.54, 1.807) is 16.7 Å². The summed E-state index contributed by atoms with van der Waals surface area (Å²) in [7, 11) is 0. The first-order valence-electron chi connectivity index (χ1n) is 6.78. The Morgan fingerprint density at radius 2 is 1.95 bits per heavy atom. The summed E-state index contributed by atoms with van der Waals surface area (Å²) in [4.78, 5) is 25.2. The van der Waals surface area contributed by atoms with Crippen LogP contribution in [0.5, 0.6) is 0 Å². The third kappa shape index (κ3) is 4.60. The Hall–Kier alpha value is -0.910. The molecular weight excluding hydrogens is 264 g/mol. The third-order valence-corrected chi connectivity index (χ3v) is 4.28. The molecule has 2 N–H and O–H groups in total. The van der Waals surface area contributed by atoms with Gasteiger partial charge in [-0.1, -0.05) is 0 Å². The fraction of sp³-hybridized carbons (Fsp3) is 0.846. The van der Waals surface area contributed by atoms with Gasteiger partial charge in [-0.05, 0) is 51.5 Å². The maximum Gasteiger partial charge on any atom is 0.326 e. The van der Waals surface area contributed by atoms with E-state index in [4.69, 9.17) is 5.11 Å². The monoisotopic (exact) mass is 288 g/mol. The van der Waals surface area contributed by atoms with Crippen LogP contribution in [0.25, 0.3) is 0 Å². The number of nitrogens with zero attached hydrogens (tertiary/aromatic N) is 1. The van der Waals surface area contributed by atoms with Crippen LogP contribution in [0.15, 0.2) is 0 Å². The minimum atomic E-state index is -0.959. The molecule has 1 rings (SSSR count). The topological polar surface area (TPSA) is 69.6 Å². The van der Waals surface area contributed by atoms with Gasteiger partial charge in [-0.25, -0.2) is 9.59 Å². The molecule has 3 atom stereocenters. The lowest BCUT2D eigenvalue weighted by molar-refractivity contribution is -0.139. The van der Waals surface area contributed by atoms with E-state index in [0.29, 0.717) is 6.42 Å². The lowest BCUT2D eigenvalue weighted by atomic mass is 9.98. The largest absolute Gasteiger partial charge is 0.480 e. The van der Waals surface area contributed by atoms with Gasteiger partial charge in [0.1, 0.15) is 6.04 Å². The normalized spacial score (nSPS) is 24.9. The van der Waals surface area contributed by atoms with Crippen molar-refractivity contribution in [1.29, 1.82) is 0 Å². The smallest absolute Gasteiger partial charge is 0.326 e. The number of amides is 2. The van der Waals surface area contributed by atoms with Crippen molar-refractivity contribution in [3.63, 3.8) is 0 Å². The van der Waals surface area contributed by atoms with Crippen LogP contribution in [0.1, 0.15) is 39.5 Å². The van der Waals surface area contributed by atoms with Crippen molar-refractivity contribution in [2.75, 3.05) is 12.0 Å². The van der Waals surface area contributed by atoms with E-state index in [9.17, 15) is 9.59 Å². The van der Waals surface area contributed by atoms with Gasteiger partial charge in [0.2, 0.25) is 0 Å². The minimum absolute atomic E-state index is 0.179. The van der Waals surface area contributed by atoms with Crippen LogP contribution in [-0.4, -0.2) is 52.1 Å².